The molecule has 1 heterocycles. The van der Waals surface area contributed by atoms with Gasteiger partial charge in [-0.05, 0) is 55.7 Å². The molecule has 2 aromatic carbocycles. The molecule has 2 aromatic rings. The van der Waals surface area contributed by atoms with Crippen molar-refractivity contribution >= 4 is 15.9 Å². The van der Waals surface area contributed by atoms with E-state index in [0.29, 0.717) is 26.2 Å². The Hall–Kier alpha value is -2.58. The Labute approximate surface area is 171 Å². The molecule has 0 unspecified atom stereocenters. The molecule has 1 aliphatic rings. The number of benzene rings is 2. The molecule has 156 valence electrons. The van der Waals surface area contributed by atoms with Crippen molar-refractivity contribution in [1.82, 2.24) is 9.62 Å². The SMILES string of the molecule is CCOc1ccc(C(=O)NCc2ccc(OC)cc2)cc1S(=O)(=O)N1CCCC1. The number of carbonyl (C=O) groups is 1. The average molecular weight is 419 g/mol. The number of amides is 1. The number of hydrogen-bond acceptors (Lipinski definition) is 5. The van der Waals surface area contributed by atoms with E-state index in [1.165, 1.54) is 10.4 Å². The van der Waals surface area contributed by atoms with Crippen molar-refractivity contribution in [3.8, 4) is 11.5 Å². The van der Waals surface area contributed by atoms with Gasteiger partial charge in [0.1, 0.15) is 16.4 Å². The monoisotopic (exact) mass is 418 g/mol. The van der Waals surface area contributed by atoms with Crippen LogP contribution in [0.5, 0.6) is 11.5 Å². The molecule has 8 heteroatoms. The fraction of sp³-hybridized carbons (Fsp3) is 0.381. The van der Waals surface area contributed by atoms with E-state index < -0.39 is 10.0 Å². The van der Waals surface area contributed by atoms with Gasteiger partial charge in [-0.3, -0.25) is 4.79 Å². The topological polar surface area (TPSA) is 84.9 Å². The number of hydrogen-bond donors (Lipinski definition) is 1. The molecule has 7 nitrogen and oxygen atoms in total. The summed E-state index contributed by atoms with van der Waals surface area (Å²) in [5.41, 5.74) is 1.19. The number of methoxy groups -OCH3 is 1. The molecule has 0 radical (unpaired) electrons. The summed E-state index contributed by atoms with van der Waals surface area (Å²) < 4.78 is 38.2. The van der Waals surface area contributed by atoms with Crippen LogP contribution in [0, 0.1) is 0 Å². The molecule has 0 bridgehead atoms. The highest BCUT2D eigenvalue weighted by Gasteiger charge is 2.30. The molecule has 0 aromatic heterocycles. The minimum atomic E-state index is -3.71. The highest BCUT2D eigenvalue weighted by atomic mass is 32.2. The summed E-state index contributed by atoms with van der Waals surface area (Å²) in [7, 11) is -2.11. The van der Waals surface area contributed by atoms with Gasteiger partial charge in [-0.15, -0.1) is 0 Å². The standard InChI is InChI=1S/C21H26N2O5S/c1-3-28-19-11-8-17(14-20(19)29(25,26)23-12-4-5-13-23)21(24)22-15-16-6-9-18(27-2)10-7-16/h6-11,14H,3-5,12-13,15H2,1-2H3,(H,22,24). The second-order valence-corrected chi connectivity index (χ2v) is 8.64. The normalized spacial score (nSPS) is 14.6. The van der Waals surface area contributed by atoms with Gasteiger partial charge in [-0.2, -0.15) is 4.31 Å². The molecule has 1 N–H and O–H groups in total. The van der Waals surface area contributed by atoms with E-state index in [4.69, 9.17) is 9.47 Å². The first-order chi connectivity index (χ1) is 14.0. The average Bonchev–Trinajstić information content (AvgIpc) is 3.28. The van der Waals surface area contributed by atoms with E-state index in [-0.39, 0.29) is 22.1 Å². The molecule has 3 rings (SSSR count). The van der Waals surface area contributed by atoms with Crippen LogP contribution in [0.2, 0.25) is 0 Å². The molecule has 1 amide bonds. The van der Waals surface area contributed by atoms with Gasteiger partial charge in [0.05, 0.1) is 13.7 Å². The van der Waals surface area contributed by atoms with Crippen molar-refractivity contribution < 1.29 is 22.7 Å². The number of carbonyl (C=O) groups excluding carboxylic acids is 1. The van der Waals surface area contributed by atoms with Crippen LogP contribution in [-0.4, -0.2) is 45.4 Å². The Bertz CT molecular complexity index is 952. The van der Waals surface area contributed by atoms with Crippen LogP contribution < -0.4 is 14.8 Å². The molecule has 0 spiro atoms. The van der Waals surface area contributed by atoms with Crippen molar-refractivity contribution in [3.05, 3.63) is 53.6 Å². The highest BCUT2D eigenvalue weighted by molar-refractivity contribution is 7.89. The minimum Gasteiger partial charge on any atom is -0.497 e. The minimum absolute atomic E-state index is 0.0401. The summed E-state index contributed by atoms with van der Waals surface area (Å²) >= 11 is 0. The third-order valence-electron chi connectivity index (χ3n) is 4.80. The predicted octanol–water partition coefficient (Wildman–Crippen LogP) is 2.81. The van der Waals surface area contributed by atoms with Crippen molar-refractivity contribution in [1.29, 1.82) is 0 Å². The lowest BCUT2D eigenvalue weighted by atomic mass is 10.2. The zero-order valence-electron chi connectivity index (χ0n) is 16.7. The van der Waals surface area contributed by atoms with Crippen LogP contribution in [0.25, 0.3) is 0 Å². The Morgan fingerprint density at radius 3 is 2.41 bits per heavy atom. The second kappa shape index (κ2) is 9.28. The number of sulfonamides is 1. The largest absolute Gasteiger partial charge is 0.497 e. The number of nitrogens with one attached hydrogen (secondary N) is 1. The van der Waals surface area contributed by atoms with Gasteiger partial charge in [0.2, 0.25) is 10.0 Å². The maximum absolute atomic E-state index is 13.0. The molecular formula is C21H26N2O5S. The number of ether oxygens (including phenoxy) is 2. The highest BCUT2D eigenvalue weighted by Crippen LogP contribution is 2.30. The number of nitrogens with zero attached hydrogens (tertiary/aromatic N) is 1. The molecule has 0 aliphatic carbocycles. The molecule has 1 saturated heterocycles. The summed E-state index contributed by atoms with van der Waals surface area (Å²) in [5, 5.41) is 2.82. The molecule has 0 saturated carbocycles. The van der Waals surface area contributed by atoms with Crippen LogP contribution in [0.3, 0.4) is 0 Å². The first-order valence-electron chi connectivity index (χ1n) is 9.64. The van der Waals surface area contributed by atoms with Crippen LogP contribution in [0.15, 0.2) is 47.4 Å². The zero-order valence-corrected chi connectivity index (χ0v) is 17.5. The van der Waals surface area contributed by atoms with Crippen molar-refractivity contribution in [2.45, 2.75) is 31.2 Å². The third kappa shape index (κ3) is 4.89. The fourth-order valence-corrected chi connectivity index (χ4v) is 4.90. The second-order valence-electron chi connectivity index (χ2n) is 6.74. The Kier molecular flexibility index (Phi) is 6.76. The smallest absolute Gasteiger partial charge is 0.251 e. The predicted molar refractivity (Wildman–Crippen MR) is 110 cm³/mol. The summed E-state index contributed by atoms with van der Waals surface area (Å²) in [6.45, 7) is 3.43. The maximum atomic E-state index is 13.0. The Morgan fingerprint density at radius 1 is 1.10 bits per heavy atom. The van der Waals surface area contributed by atoms with Crippen LogP contribution in [0.1, 0.15) is 35.7 Å². The lowest BCUT2D eigenvalue weighted by Crippen LogP contribution is -2.29. The molecule has 1 aliphatic heterocycles. The molecule has 0 atom stereocenters. The van der Waals surface area contributed by atoms with E-state index >= 15 is 0 Å². The van der Waals surface area contributed by atoms with Gasteiger partial charge in [-0.25, -0.2) is 8.42 Å². The van der Waals surface area contributed by atoms with Gasteiger partial charge in [-0.1, -0.05) is 12.1 Å². The van der Waals surface area contributed by atoms with E-state index in [9.17, 15) is 13.2 Å². The van der Waals surface area contributed by atoms with Crippen LogP contribution in [0.4, 0.5) is 0 Å². The van der Waals surface area contributed by atoms with Crippen molar-refractivity contribution in [3.63, 3.8) is 0 Å². The Balaban J connectivity index is 1.80. The van der Waals surface area contributed by atoms with E-state index in [1.54, 1.807) is 26.2 Å². The van der Waals surface area contributed by atoms with Crippen LogP contribution in [-0.2, 0) is 16.6 Å². The van der Waals surface area contributed by atoms with Gasteiger partial charge in [0.25, 0.3) is 5.91 Å². The van der Waals surface area contributed by atoms with Crippen molar-refractivity contribution in [2.75, 3.05) is 26.8 Å². The number of rotatable bonds is 8. The quantitative estimate of drug-likeness (QED) is 0.713. The fourth-order valence-electron chi connectivity index (χ4n) is 3.22. The van der Waals surface area contributed by atoms with E-state index in [1.807, 2.05) is 24.3 Å². The maximum Gasteiger partial charge on any atom is 0.251 e. The molecule has 1 fully saturated rings. The molecule has 29 heavy (non-hydrogen) atoms. The Morgan fingerprint density at radius 2 is 1.79 bits per heavy atom. The van der Waals surface area contributed by atoms with Gasteiger partial charge in [0, 0.05) is 25.2 Å². The van der Waals surface area contributed by atoms with Gasteiger partial charge < -0.3 is 14.8 Å². The summed E-state index contributed by atoms with van der Waals surface area (Å²) in [6.07, 6.45) is 1.68. The lowest BCUT2D eigenvalue weighted by molar-refractivity contribution is 0.0950. The summed E-state index contributed by atoms with van der Waals surface area (Å²) in [5.74, 6) is 0.663. The summed E-state index contributed by atoms with van der Waals surface area (Å²) in [4.78, 5) is 12.7. The van der Waals surface area contributed by atoms with Gasteiger partial charge in [0.15, 0.2) is 0 Å². The van der Waals surface area contributed by atoms with Gasteiger partial charge >= 0.3 is 0 Å². The first kappa shape index (κ1) is 21.1. The third-order valence-corrected chi connectivity index (χ3v) is 6.72. The first-order valence-corrected chi connectivity index (χ1v) is 11.1. The van der Waals surface area contributed by atoms with Crippen LogP contribution >= 0.6 is 0 Å². The van der Waals surface area contributed by atoms with E-state index in [0.717, 1.165) is 24.2 Å². The molecular weight excluding hydrogens is 392 g/mol. The zero-order chi connectivity index (χ0) is 20.9. The van der Waals surface area contributed by atoms with Crippen molar-refractivity contribution in [2.24, 2.45) is 0 Å². The summed E-state index contributed by atoms with van der Waals surface area (Å²) in [6, 6.07) is 11.9. The lowest BCUT2D eigenvalue weighted by Gasteiger charge is -2.19. The van der Waals surface area contributed by atoms with E-state index in [2.05, 4.69) is 5.32 Å².